The average Bonchev–Trinajstić information content (AvgIpc) is 3.02. The molecule has 2 aromatic rings. The van der Waals surface area contributed by atoms with Crippen molar-refractivity contribution in [3.05, 3.63) is 45.6 Å². The molecular formula is C20H25N3O5S2. The number of rotatable bonds is 6. The number of hydrazine groups is 1. The van der Waals surface area contributed by atoms with Crippen LogP contribution in [0.25, 0.3) is 0 Å². The minimum Gasteiger partial charge on any atom is -0.497 e. The summed E-state index contributed by atoms with van der Waals surface area (Å²) in [6, 6.07) is 6.59. The Morgan fingerprint density at radius 1 is 1.07 bits per heavy atom. The molecule has 0 saturated heterocycles. The summed E-state index contributed by atoms with van der Waals surface area (Å²) in [5, 5.41) is 0. The van der Waals surface area contributed by atoms with E-state index in [1.54, 1.807) is 0 Å². The van der Waals surface area contributed by atoms with E-state index in [0.717, 1.165) is 25.7 Å². The van der Waals surface area contributed by atoms with Gasteiger partial charge in [0.05, 0.1) is 22.9 Å². The van der Waals surface area contributed by atoms with Crippen molar-refractivity contribution in [2.75, 3.05) is 7.11 Å². The van der Waals surface area contributed by atoms with E-state index < -0.39 is 27.9 Å². The van der Waals surface area contributed by atoms with Crippen LogP contribution in [0.5, 0.6) is 5.75 Å². The molecule has 3 N–H and O–H groups in total. The average molecular weight is 452 g/mol. The molecule has 0 radical (unpaired) electrons. The third-order valence-corrected chi connectivity index (χ3v) is 7.66. The highest BCUT2D eigenvalue weighted by Gasteiger charge is 2.23. The lowest BCUT2D eigenvalue weighted by molar-refractivity contribution is -0.123. The summed E-state index contributed by atoms with van der Waals surface area (Å²) in [4.78, 5) is 26.4. The van der Waals surface area contributed by atoms with Gasteiger partial charge in [0.15, 0.2) is 0 Å². The van der Waals surface area contributed by atoms with Crippen LogP contribution in [0.2, 0.25) is 0 Å². The maximum absolute atomic E-state index is 12.4. The molecule has 0 fully saturated rings. The molecule has 8 nitrogen and oxygen atoms in total. The van der Waals surface area contributed by atoms with Gasteiger partial charge in [0.25, 0.3) is 11.8 Å². The minimum atomic E-state index is -3.90. The number of nitrogens with one attached hydrogen (secondary N) is 3. The van der Waals surface area contributed by atoms with Crippen molar-refractivity contribution in [2.24, 2.45) is 0 Å². The summed E-state index contributed by atoms with van der Waals surface area (Å²) >= 11 is 1.44. The van der Waals surface area contributed by atoms with Crippen LogP contribution in [0.1, 0.15) is 46.3 Å². The van der Waals surface area contributed by atoms with Crippen molar-refractivity contribution in [1.29, 1.82) is 0 Å². The summed E-state index contributed by atoms with van der Waals surface area (Å²) in [7, 11) is -2.42. The normalized spacial score (nSPS) is 14.9. The smallest absolute Gasteiger partial charge is 0.279 e. The highest BCUT2D eigenvalue weighted by atomic mass is 32.2. The fraction of sp³-hybridized carbons (Fsp3) is 0.400. The topological polar surface area (TPSA) is 114 Å². The van der Waals surface area contributed by atoms with Crippen LogP contribution in [0.15, 0.2) is 35.2 Å². The Morgan fingerprint density at radius 2 is 1.77 bits per heavy atom. The minimum absolute atomic E-state index is 0.00655. The molecule has 0 bridgehead atoms. The molecule has 1 aromatic heterocycles. The molecule has 0 saturated carbocycles. The molecule has 0 unspecified atom stereocenters. The first-order valence-corrected chi connectivity index (χ1v) is 12.0. The van der Waals surface area contributed by atoms with Crippen LogP contribution in [0.3, 0.4) is 0 Å². The van der Waals surface area contributed by atoms with Gasteiger partial charge in [-0.1, -0.05) is 6.42 Å². The van der Waals surface area contributed by atoms with E-state index in [0.29, 0.717) is 10.6 Å². The van der Waals surface area contributed by atoms with E-state index in [2.05, 4.69) is 15.6 Å². The van der Waals surface area contributed by atoms with E-state index in [-0.39, 0.29) is 4.90 Å². The Labute approximate surface area is 180 Å². The van der Waals surface area contributed by atoms with Crippen molar-refractivity contribution >= 4 is 33.2 Å². The summed E-state index contributed by atoms with van der Waals surface area (Å²) in [5.41, 5.74) is 5.86. The van der Waals surface area contributed by atoms with Crippen LogP contribution in [0.4, 0.5) is 0 Å². The second kappa shape index (κ2) is 9.59. The van der Waals surface area contributed by atoms with Gasteiger partial charge in [-0.25, -0.2) is 8.42 Å². The number of fused-ring (bicyclic) bond motifs is 1. The van der Waals surface area contributed by atoms with Gasteiger partial charge in [0.2, 0.25) is 10.0 Å². The van der Waals surface area contributed by atoms with Crippen LogP contribution < -0.4 is 20.3 Å². The van der Waals surface area contributed by atoms with Crippen LogP contribution >= 0.6 is 11.3 Å². The van der Waals surface area contributed by atoms with Crippen LogP contribution in [0, 0.1) is 0 Å². The quantitative estimate of drug-likeness (QED) is 0.460. The lowest BCUT2D eigenvalue weighted by Crippen LogP contribution is -2.50. The van der Waals surface area contributed by atoms with Gasteiger partial charge >= 0.3 is 0 Å². The first-order valence-electron chi connectivity index (χ1n) is 9.68. The first-order chi connectivity index (χ1) is 14.3. The summed E-state index contributed by atoms with van der Waals surface area (Å²) < 4.78 is 32.2. The van der Waals surface area contributed by atoms with Gasteiger partial charge < -0.3 is 4.74 Å². The van der Waals surface area contributed by atoms with E-state index in [1.807, 2.05) is 6.07 Å². The number of ether oxygens (including phenoxy) is 1. The summed E-state index contributed by atoms with van der Waals surface area (Å²) in [6.07, 6.45) is 5.38. The zero-order valence-electron chi connectivity index (χ0n) is 16.9. The number of hydrogen-bond acceptors (Lipinski definition) is 6. The molecule has 3 rings (SSSR count). The van der Waals surface area contributed by atoms with E-state index >= 15 is 0 Å². The number of methoxy groups -OCH3 is 1. The monoisotopic (exact) mass is 451 g/mol. The molecule has 0 spiro atoms. The highest BCUT2D eigenvalue weighted by Crippen LogP contribution is 2.28. The predicted molar refractivity (Wildman–Crippen MR) is 114 cm³/mol. The zero-order chi connectivity index (χ0) is 21.7. The Hall–Kier alpha value is -2.43. The number of hydrogen-bond donors (Lipinski definition) is 3. The lowest BCUT2D eigenvalue weighted by Gasteiger charge is -2.15. The fourth-order valence-electron chi connectivity index (χ4n) is 3.18. The van der Waals surface area contributed by atoms with Gasteiger partial charge in [-0.15, -0.1) is 11.3 Å². The summed E-state index contributed by atoms with van der Waals surface area (Å²) in [5.74, 6) is -0.557. The molecular weight excluding hydrogens is 426 g/mol. The van der Waals surface area contributed by atoms with Gasteiger partial charge in [-0.3, -0.25) is 20.4 Å². The second-order valence-corrected chi connectivity index (χ2v) is 9.93. The maximum atomic E-state index is 12.4. The molecule has 1 aliphatic carbocycles. The Kier molecular flexibility index (Phi) is 7.11. The van der Waals surface area contributed by atoms with Crippen LogP contribution in [-0.2, 0) is 27.7 Å². The molecule has 30 heavy (non-hydrogen) atoms. The van der Waals surface area contributed by atoms with Gasteiger partial charge in [0, 0.05) is 4.88 Å². The highest BCUT2D eigenvalue weighted by molar-refractivity contribution is 7.89. The number of carbonyl (C=O) groups excluding carboxylic acids is 2. The first kappa shape index (κ1) is 22.3. The molecule has 162 valence electrons. The number of aryl methyl sites for hydroxylation is 2. The number of amides is 2. The predicted octanol–water partition coefficient (Wildman–Crippen LogP) is 2.15. The maximum Gasteiger partial charge on any atom is 0.279 e. The summed E-state index contributed by atoms with van der Waals surface area (Å²) in [6.45, 7) is 1.40. The standard InChI is InChI=1S/C20H25N3O5S2/c1-13(23-30(26,27)16-10-8-15(28-2)9-11-16)19(24)21-22-20(25)18-12-14-6-4-3-5-7-17(14)29-18/h8-13,23H,3-7H2,1-2H3,(H,21,24)(H,22,25)/t13-/m0/s1. The Morgan fingerprint density at radius 3 is 2.47 bits per heavy atom. The SMILES string of the molecule is COc1ccc(S(=O)(=O)N[C@@H](C)C(=O)NNC(=O)c2cc3c(s2)CCCCC3)cc1. The molecule has 10 heteroatoms. The second-order valence-electron chi connectivity index (χ2n) is 7.08. The van der Waals surface area contributed by atoms with Crippen molar-refractivity contribution in [2.45, 2.75) is 50.0 Å². The van der Waals surface area contributed by atoms with E-state index in [4.69, 9.17) is 4.74 Å². The number of sulfonamides is 1. The van der Waals surface area contributed by atoms with Gasteiger partial charge in [0.1, 0.15) is 5.75 Å². The number of benzene rings is 1. The number of thiophene rings is 1. The van der Waals surface area contributed by atoms with Crippen molar-refractivity contribution in [3.8, 4) is 5.75 Å². The van der Waals surface area contributed by atoms with E-state index in [1.165, 1.54) is 66.5 Å². The molecule has 0 aliphatic heterocycles. The molecule has 1 aromatic carbocycles. The molecule has 1 heterocycles. The number of carbonyl (C=O) groups is 2. The third kappa shape index (κ3) is 5.38. The van der Waals surface area contributed by atoms with Crippen molar-refractivity contribution < 1.29 is 22.7 Å². The van der Waals surface area contributed by atoms with Crippen LogP contribution in [-0.4, -0.2) is 33.4 Å². The molecule has 1 atom stereocenters. The molecule has 1 aliphatic rings. The lowest BCUT2D eigenvalue weighted by atomic mass is 10.1. The van der Waals surface area contributed by atoms with Gasteiger partial charge in [-0.2, -0.15) is 4.72 Å². The molecule has 2 amide bonds. The Bertz CT molecular complexity index is 992. The van der Waals surface area contributed by atoms with E-state index in [9.17, 15) is 18.0 Å². The zero-order valence-corrected chi connectivity index (χ0v) is 18.5. The largest absolute Gasteiger partial charge is 0.497 e. The van der Waals surface area contributed by atoms with Gasteiger partial charge in [-0.05, 0) is 68.5 Å². The third-order valence-electron chi connectivity index (χ3n) is 4.86. The van der Waals surface area contributed by atoms with Crippen molar-refractivity contribution in [1.82, 2.24) is 15.6 Å². The Balaban J connectivity index is 1.55. The van der Waals surface area contributed by atoms with Crippen molar-refractivity contribution in [3.63, 3.8) is 0 Å². The fourth-order valence-corrected chi connectivity index (χ4v) is 5.53.